The predicted octanol–water partition coefficient (Wildman–Crippen LogP) is 5.53. The zero-order valence-electron chi connectivity index (χ0n) is 14.7. The number of piperidine rings is 1. The summed E-state index contributed by atoms with van der Waals surface area (Å²) in [7, 11) is 0. The second-order valence-corrected chi connectivity index (χ2v) is 7.21. The molecule has 0 radical (unpaired) electrons. The van der Waals surface area contributed by atoms with Crippen LogP contribution >= 0.6 is 23.2 Å². The minimum absolute atomic E-state index is 0.0202. The van der Waals surface area contributed by atoms with Gasteiger partial charge in [0.1, 0.15) is 11.6 Å². The molecule has 2 aromatic carbocycles. The van der Waals surface area contributed by atoms with Crippen molar-refractivity contribution in [1.29, 1.82) is 5.26 Å². The van der Waals surface area contributed by atoms with Crippen LogP contribution in [0.5, 0.6) is 0 Å². The van der Waals surface area contributed by atoms with Crippen molar-refractivity contribution in [3.8, 4) is 6.07 Å². The number of nitrogens with one attached hydrogen (secondary N) is 1. The number of carbonyl (C=O) groups excluding carboxylic acids is 1. The highest BCUT2D eigenvalue weighted by atomic mass is 35.5. The number of rotatable bonds is 4. The molecule has 1 saturated heterocycles. The summed E-state index contributed by atoms with van der Waals surface area (Å²) < 4.78 is 0. The van der Waals surface area contributed by atoms with E-state index in [4.69, 9.17) is 23.2 Å². The fourth-order valence-electron chi connectivity index (χ4n) is 3.02. The van der Waals surface area contributed by atoms with Crippen LogP contribution in [0.3, 0.4) is 0 Å². The molecule has 1 heterocycles. The first-order chi connectivity index (χ1) is 13.1. The Morgan fingerprint density at radius 1 is 1.04 bits per heavy atom. The Balaban J connectivity index is 1.72. The highest BCUT2D eigenvalue weighted by Crippen LogP contribution is 2.25. The standard InChI is InChI=1S/C21H19Cl2N3O/c22-19-9-6-17(13-20(19)23)25-21(27)16(14-24)12-15-4-7-18(8-5-15)26-10-2-1-3-11-26/h4-9,12-13H,1-3,10-11H2,(H,25,27)/b16-12-. The highest BCUT2D eigenvalue weighted by molar-refractivity contribution is 6.42. The van der Waals surface area contributed by atoms with Crippen LogP contribution in [-0.2, 0) is 4.79 Å². The zero-order chi connectivity index (χ0) is 19.2. The maximum Gasteiger partial charge on any atom is 0.266 e. The van der Waals surface area contributed by atoms with Crippen LogP contribution in [0.1, 0.15) is 24.8 Å². The topological polar surface area (TPSA) is 56.1 Å². The third kappa shape index (κ3) is 5.03. The molecule has 0 aromatic heterocycles. The summed E-state index contributed by atoms with van der Waals surface area (Å²) in [5, 5.41) is 12.8. The van der Waals surface area contributed by atoms with Crippen molar-refractivity contribution < 1.29 is 4.79 Å². The summed E-state index contributed by atoms with van der Waals surface area (Å²) in [5.41, 5.74) is 2.48. The van der Waals surface area contributed by atoms with E-state index in [1.54, 1.807) is 24.3 Å². The van der Waals surface area contributed by atoms with E-state index in [0.717, 1.165) is 18.7 Å². The van der Waals surface area contributed by atoms with E-state index >= 15 is 0 Å². The van der Waals surface area contributed by atoms with Gasteiger partial charge in [0.25, 0.3) is 5.91 Å². The second-order valence-electron chi connectivity index (χ2n) is 6.39. The Bertz CT molecular complexity index is 895. The fourth-order valence-corrected chi connectivity index (χ4v) is 3.32. The maximum atomic E-state index is 12.4. The number of anilines is 2. The Hall–Kier alpha value is -2.48. The number of nitriles is 1. The van der Waals surface area contributed by atoms with Crippen LogP contribution in [0.25, 0.3) is 6.08 Å². The monoisotopic (exact) mass is 399 g/mol. The predicted molar refractivity (Wildman–Crippen MR) is 111 cm³/mol. The lowest BCUT2D eigenvalue weighted by Crippen LogP contribution is -2.29. The van der Waals surface area contributed by atoms with Crippen molar-refractivity contribution in [3.05, 3.63) is 63.6 Å². The molecule has 4 nitrogen and oxygen atoms in total. The van der Waals surface area contributed by atoms with Gasteiger partial charge in [0.15, 0.2) is 0 Å². The van der Waals surface area contributed by atoms with E-state index in [2.05, 4.69) is 10.2 Å². The van der Waals surface area contributed by atoms with E-state index in [9.17, 15) is 10.1 Å². The van der Waals surface area contributed by atoms with Gasteiger partial charge in [0.2, 0.25) is 0 Å². The lowest BCUT2D eigenvalue weighted by Gasteiger charge is -2.28. The minimum atomic E-state index is -0.490. The first kappa shape index (κ1) is 19.3. The fraction of sp³-hybridized carbons (Fsp3) is 0.238. The van der Waals surface area contributed by atoms with E-state index < -0.39 is 5.91 Å². The van der Waals surface area contributed by atoms with Crippen LogP contribution in [0.2, 0.25) is 10.0 Å². The van der Waals surface area contributed by atoms with Gasteiger partial charge in [-0.2, -0.15) is 5.26 Å². The van der Waals surface area contributed by atoms with Crippen molar-refractivity contribution >= 4 is 46.6 Å². The van der Waals surface area contributed by atoms with E-state index in [1.165, 1.54) is 24.9 Å². The molecule has 1 N–H and O–H groups in total. The lowest BCUT2D eigenvalue weighted by molar-refractivity contribution is -0.112. The van der Waals surface area contributed by atoms with Gasteiger partial charge in [-0.05, 0) is 61.2 Å². The minimum Gasteiger partial charge on any atom is -0.372 e. The highest BCUT2D eigenvalue weighted by Gasteiger charge is 2.12. The molecule has 0 bridgehead atoms. The maximum absolute atomic E-state index is 12.4. The van der Waals surface area contributed by atoms with Crippen molar-refractivity contribution in [2.75, 3.05) is 23.3 Å². The molecule has 0 spiro atoms. The average Bonchev–Trinajstić information content (AvgIpc) is 2.70. The molecular weight excluding hydrogens is 381 g/mol. The normalized spacial score (nSPS) is 14.6. The van der Waals surface area contributed by atoms with Gasteiger partial charge < -0.3 is 10.2 Å². The third-order valence-corrected chi connectivity index (χ3v) is 5.21. The summed E-state index contributed by atoms with van der Waals surface area (Å²) in [6.07, 6.45) is 5.30. The van der Waals surface area contributed by atoms with Crippen molar-refractivity contribution in [2.45, 2.75) is 19.3 Å². The second kappa shape index (κ2) is 8.94. The molecule has 0 unspecified atom stereocenters. The number of halogens is 2. The molecule has 1 aliphatic heterocycles. The largest absolute Gasteiger partial charge is 0.372 e. The van der Waals surface area contributed by atoms with Crippen LogP contribution in [0.4, 0.5) is 11.4 Å². The van der Waals surface area contributed by atoms with E-state index in [1.807, 2.05) is 30.3 Å². The average molecular weight is 400 g/mol. The molecule has 6 heteroatoms. The van der Waals surface area contributed by atoms with Gasteiger partial charge in [0, 0.05) is 24.5 Å². The van der Waals surface area contributed by atoms with Gasteiger partial charge in [0.05, 0.1) is 10.0 Å². The van der Waals surface area contributed by atoms with Gasteiger partial charge >= 0.3 is 0 Å². The third-order valence-electron chi connectivity index (χ3n) is 4.47. The molecule has 3 rings (SSSR count). The molecule has 138 valence electrons. The van der Waals surface area contributed by atoms with Gasteiger partial charge in [-0.3, -0.25) is 4.79 Å². The number of amides is 1. The van der Waals surface area contributed by atoms with E-state index in [-0.39, 0.29) is 5.57 Å². The summed E-state index contributed by atoms with van der Waals surface area (Å²) in [6.45, 7) is 2.15. The SMILES string of the molecule is N#C/C(=C/c1ccc(N2CCCCC2)cc1)C(=O)Nc1ccc(Cl)c(Cl)c1. The van der Waals surface area contributed by atoms with Crippen molar-refractivity contribution in [3.63, 3.8) is 0 Å². The number of hydrogen-bond acceptors (Lipinski definition) is 3. The summed E-state index contributed by atoms with van der Waals surface area (Å²) >= 11 is 11.8. The molecule has 1 fully saturated rings. The summed E-state index contributed by atoms with van der Waals surface area (Å²) in [6, 6.07) is 14.6. The van der Waals surface area contributed by atoms with Crippen LogP contribution in [-0.4, -0.2) is 19.0 Å². The Kier molecular flexibility index (Phi) is 6.39. The van der Waals surface area contributed by atoms with Crippen LogP contribution in [0, 0.1) is 11.3 Å². The summed E-state index contributed by atoms with van der Waals surface area (Å²) in [4.78, 5) is 14.7. The molecule has 1 amide bonds. The van der Waals surface area contributed by atoms with Crippen molar-refractivity contribution in [1.82, 2.24) is 0 Å². The lowest BCUT2D eigenvalue weighted by atomic mass is 10.1. The molecule has 0 aliphatic carbocycles. The number of benzene rings is 2. The first-order valence-electron chi connectivity index (χ1n) is 8.80. The molecule has 0 saturated carbocycles. The summed E-state index contributed by atoms with van der Waals surface area (Å²) in [5.74, 6) is -0.490. The quantitative estimate of drug-likeness (QED) is 0.542. The Morgan fingerprint density at radius 3 is 2.37 bits per heavy atom. The first-order valence-corrected chi connectivity index (χ1v) is 9.55. The van der Waals surface area contributed by atoms with Crippen LogP contribution < -0.4 is 10.2 Å². The number of carbonyl (C=O) groups is 1. The number of nitrogens with zero attached hydrogens (tertiary/aromatic N) is 2. The Labute approximate surface area is 169 Å². The smallest absolute Gasteiger partial charge is 0.266 e. The Morgan fingerprint density at radius 2 is 1.74 bits per heavy atom. The van der Waals surface area contributed by atoms with Gasteiger partial charge in [-0.15, -0.1) is 0 Å². The molecule has 2 aromatic rings. The molecule has 1 aliphatic rings. The zero-order valence-corrected chi connectivity index (χ0v) is 16.2. The van der Waals surface area contributed by atoms with E-state index in [0.29, 0.717) is 15.7 Å². The van der Waals surface area contributed by atoms with Gasteiger partial charge in [-0.1, -0.05) is 35.3 Å². The van der Waals surface area contributed by atoms with Gasteiger partial charge in [-0.25, -0.2) is 0 Å². The molecular formula is C21H19Cl2N3O. The number of hydrogen-bond donors (Lipinski definition) is 1. The molecule has 27 heavy (non-hydrogen) atoms. The van der Waals surface area contributed by atoms with Crippen molar-refractivity contribution in [2.24, 2.45) is 0 Å². The van der Waals surface area contributed by atoms with Crippen LogP contribution in [0.15, 0.2) is 48.0 Å². The molecule has 0 atom stereocenters.